The largest absolute Gasteiger partial charge is 0.487 e. The molecule has 3 heteroatoms. The Morgan fingerprint density at radius 3 is 2.77 bits per heavy atom. The summed E-state index contributed by atoms with van der Waals surface area (Å²) in [6, 6.07) is 11.0. The number of hydrogen-bond donors (Lipinski definition) is 1. The van der Waals surface area contributed by atoms with E-state index >= 15 is 0 Å². The van der Waals surface area contributed by atoms with Gasteiger partial charge in [0.1, 0.15) is 11.4 Å². The van der Waals surface area contributed by atoms with E-state index in [1.165, 1.54) is 16.7 Å². The number of nitrogens with zero attached hydrogens (tertiary/aromatic N) is 1. The van der Waals surface area contributed by atoms with E-state index in [1.807, 2.05) is 12.4 Å². The van der Waals surface area contributed by atoms with Gasteiger partial charge in [-0.05, 0) is 49.6 Å². The van der Waals surface area contributed by atoms with Crippen molar-refractivity contribution in [3.63, 3.8) is 0 Å². The van der Waals surface area contributed by atoms with Crippen LogP contribution in [0.1, 0.15) is 49.4 Å². The van der Waals surface area contributed by atoms with Crippen LogP contribution in [0.25, 0.3) is 0 Å². The van der Waals surface area contributed by atoms with Gasteiger partial charge in [-0.15, -0.1) is 0 Å². The van der Waals surface area contributed by atoms with Crippen molar-refractivity contribution < 1.29 is 4.74 Å². The second-order valence-corrected chi connectivity index (χ2v) is 6.44. The summed E-state index contributed by atoms with van der Waals surface area (Å²) in [6.45, 7) is 7.36. The van der Waals surface area contributed by atoms with Crippen LogP contribution in [-0.2, 0) is 6.54 Å². The van der Waals surface area contributed by atoms with Gasteiger partial charge >= 0.3 is 0 Å². The molecule has 2 aromatic rings. The number of aromatic nitrogens is 1. The number of pyridine rings is 1. The molecule has 1 aliphatic rings. The molecule has 3 rings (SSSR count). The van der Waals surface area contributed by atoms with Crippen LogP contribution in [0.15, 0.2) is 42.7 Å². The van der Waals surface area contributed by atoms with Crippen molar-refractivity contribution in [3.05, 3.63) is 59.4 Å². The molecule has 22 heavy (non-hydrogen) atoms. The zero-order valence-electron chi connectivity index (χ0n) is 13.6. The molecule has 0 saturated carbocycles. The standard InChI is InChI=1S/C19H24N2O/c1-4-19(3)12-17(21-13-15-7-9-20-10-8-15)16-6-5-14(2)11-18(16)22-19/h5-11,17,21H,4,12-13H2,1-3H3. The lowest BCUT2D eigenvalue weighted by atomic mass is 9.86. The average molecular weight is 296 g/mol. The molecule has 1 N–H and O–H groups in total. The minimum atomic E-state index is -0.100. The number of benzene rings is 1. The van der Waals surface area contributed by atoms with Crippen molar-refractivity contribution >= 4 is 0 Å². The summed E-state index contributed by atoms with van der Waals surface area (Å²) in [5.41, 5.74) is 3.67. The summed E-state index contributed by atoms with van der Waals surface area (Å²) >= 11 is 0. The van der Waals surface area contributed by atoms with Crippen LogP contribution in [0.2, 0.25) is 0 Å². The Kier molecular flexibility index (Phi) is 4.16. The molecule has 1 aliphatic heterocycles. The summed E-state index contributed by atoms with van der Waals surface area (Å²) < 4.78 is 6.28. The molecule has 1 aromatic carbocycles. The van der Waals surface area contributed by atoms with Crippen LogP contribution in [-0.4, -0.2) is 10.6 Å². The van der Waals surface area contributed by atoms with Gasteiger partial charge < -0.3 is 10.1 Å². The summed E-state index contributed by atoms with van der Waals surface area (Å²) in [5, 5.41) is 3.70. The summed E-state index contributed by atoms with van der Waals surface area (Å²) in [4.78, 5) is 4.07. The van der Waals surface area contributed by atoms with Crippen LogP contribution in [0, 0.1) is 6.92 Å². The maximum Gasteiger partial charge on any atom is 0.125 e. The zero-order chi connectivity index (χ0) is 15.6. The Labute approximate surface area is 132 Å². The third-order valence-electron chi connectivity index (χ3n) is 4.59. The molecule has 0 radical (unpaired) electrons. The Morgan fingerprint density at radius 2 is 2.05 bits per heavy atom. The van der Waals surface area contributed by atoms with Gasteiger partial charge in [0, 0.05) is 37.0 Å². The maximum atomic E-state index is 6.28. The minimum Gasteiger partial charge on any atom is -0.487 e. The van der Waals surface area contributed by atoms with Crippen molar-refractivity contribution in [2.75, 3.05) is 0 Å². The fourth-order valence-corrected chi connectivity index (χ4v) is 3.01. The van der Waals surface area contributed by atoms with Gasteiger partial charge in [0.15, 0.2) is 0 Å². The lowest BCUT2D eigenvalue weighted by Gasteiger charge is -2.40. The fraction of sp³-hybridized carbons (Fsp3) is 0.421. The molecule has 2 unspecified atom stereocenters. The smallest absolute Gasteiger partial charge is 0.125 e. The number of ether oxygens (including phenoxy) is 1. The number of nitrogens with one attached hydrogen (secondary N) is 1. The molecule has 0 spiro atoms. The first-order chi connectivity index (χ1) is 10.6. The average Bonchev–Trinajstić information content (AvgIpc) is 2.53. The quantitative estimate of drug-likeness (QED) is 0.919. The Morgan fingerprint density at radius 1 is 1.27 bits per heavy atom. The van der Waals surface area contributed by atoms with E-state index in [-0.39, 0.29) is 5.60 Å². The predicted octanol–water partition coefficient (Wildman–Crippen LogP) is 4.17. The Hall–Kier alpha value is -1.87. The van der Waals surface area contributed by atoms with E-state index in [2.05, 4.69) is 61.4 Å². The van der Waals surface area contributed by atoms with E-state index in [9.17, 15) is 0 Å². The monoisotopic (exact) mass is 296 g/mol. The van der Waals surface area contributed by atoms with Crippen LogP contribution in [0.5, 0.6) is 5.75 Å². The third kappa shape index (κ3) is 3.14. The highest BCUT2D eigenvalue weighted by atomic mass is 16.5. The van der Waals surface area contributed by atoms with E-state index in [4.69, 9.17) is 4.74 Å². The van der Waals surface area contributed by atoms with Gasteiger partial charge in [-0.2, -0.15) is 0 Å². The van der Waals surface area contributed by atoms with Gasteiger partial charge in [-0.1, -0.05) is 19.1 Å². The lowest BCUT2D eigenvalue weighted by molar-refractivity contribution is 0.0439. The highest BCUT2D eigenvalue weighted by Crippen LogP contribution is 2.41. The third-order valence-corrected chi connectivity index (χ3v) is 4.59. The molecular weight excluding hydrogens is 272 g/mol. The second kappa shape index (κ2) is 6.09. The van der Waals surface area contributed by atoms with Gasteiger partial charge in [0.05, 0.1) is 0 Å². The Bertz CT molecular complexity index is 641. The molecule has 2 atom stereocenters. The maximum absolute atomic E-state index is 6.28. The number of hydrogen-bond acceptors (Lipinski definition) is 3. The SMILES string of the molecule is CCC1(C)CC(NCc2ccncc2)c2ccc(C)cc2O1. The summed E-state index contributed by atoms with van der Waals surface area (Å²) in [7, 11) is 0. The Balaban J connectivity index is 1.83. The topological polar surface area (TPSA) is 34.2 Å². The van der Waals surface area contributed by atoms with Gasteiger partial charge in [-0.3, -0.25) is 4.98 Å². The number of rotatable bonds is 4. The molecule has 0 bridgehead atoms. The second-order valence-electron chi connectivity index (χ2n) is 6.44. The normalized spacial score (nSPS) is 23.7. The van der Waals surface area contributed by atoms with Crippen molar-refractivity contribution in [1.82, 2.24) is 10.3 Å². The molecule has 0 amide bonds. The summed E-state index contributed by atoms with van der Waals surface area (Å²) in [6.07, 6.45) is 5.68. The minimum absolute atomic E-state index is 0.100. The first-order valence-electron chi connectivity index (χ1n) is 8.01. The molecule has 116 valence electrons. The van der Waals surface area contributed by atoms with E-state index in [1.54, 1.807) is 0 Å². The van der Waals surface area contributed by atoms with E-state index in [0.717, 1.165) is 25.1 Å². The van der Waals surface area contributed by atoms with Crippen LogP contribution in [0.4, 0.5) is 0 Å². The van der Waals surface area contributed by atoms with E-state index in [0.29, 0.717) is 6.04 Å². The van der Waals surface area contributed by atoms with Crippen molar-refractivity contribution in [1.29, 1.82) is 0 Å². The van der Waals surface area contributed by atoms with E-state index < -0.39 is 0 Å². The van der Waals surface area contributed by atoms with Crippen LogP contribution < -0.4 is 10.1 Å². The number of fused-ring (bicyclic) bond motifs is 1. The number of aryl methyl sites for hydroxylation is 1. The van der Waals surface area contributed by atoms with Crippen LogP contribution in [0.3, 0.4) is 0 Å². The predicted molar refractivity (Wildman–Crippen MR) is 88.9 cm³/mol. The molecular formula is C19H24N2O. The molecule has 0 aliphatic carbocycles. The van der Waals surface area contributed by atoms with Crippen molar-refractivity contribution in [2.24, 2.45) is 0 Å². The van der Waals surface area contributed by atoms with Gasteiger partial charge in [0.25, 0.3) is 0 Å². The van der Waals surface area contributed by atoms with Gasteiger partial charge in [0.2, 0.25) is 0 Å². The molecule has 0 saturated heterocycles. The highest BCUT2D eigenvalue weighted by molar-refractivity contribution is 5.41. The molecule has 1 aromatic heterocycles. The van der Waals surface area contributed by atoms with Gasteiger partial charge in [-0.25, -0.2) is 0 Å². The molecule has 0 fully saturated rings. The van der Waals surface area contributed by atoms with Crippen molar-refractivity contribution in [2.45, 2.75) is 51.8 Å². The molecule has 2 heterocycles. The van der Waals surface area contributed by atoms with Crippen molar-refractivity contribution in [3.8, 4) is 5.75 Å². The molecule has 3 nitrogen and oxygen atoms in total. The first kappa shape index (κ1) is 15.0. The lowest BCUT2D eigenvalue weighted by Crippen LogP contribution is -2.41. The fourth-order valence-electron chi connectivity index (χ4n) is 3.01. The first-order valence-corrected chi connectivity index (χ1v) is 8.01. The summed E-state index contributed by atoms with van der Waals surface area (Å²) in [5.74, 6) is 1.03. The zero-order valence-corrected chi connectivity index (χ0v) is 13.6. The van der Waals surface area contributed by atoms with Crippen LogP contribution >= 0.6 is 0 Å². The highest BCUT2D eigenvalue weighted by Gasteiger charge is 2.35.